The van der Waals surface area contributed by atoms with Crippen molar-refractivity contribution in [3.05, 3.63) is 11.4 Å². The molecule has 1 aromatic heterocycles. The lowest BCUT2D eigenvalue weighted by atomic mass is 9.82. The first kappa shape index (κ1) is 14.0. The van der Waals surface area contributed by atoms with E-state index >= 15 is 0 Å². The van der Waals surface area contributed by atoms with Gasteiger partial charge in [-0.2, -0.15) is 0 Å². The van der Waals surface area contributed by atoms with Crippen LogP contribution in [-0.4, -0.2) is 34.8 Å². The minimum Gasteiger partial charge on any atom is -0.393 e. The first-order valence-electron chi connectivity index (χ1n) is 6.78. The van der Waals surface area contributed by atoms with Crippen LogP contribution >= 0.6 is 0 Å². The van der Waals surface area contributed by atoms with E-state index in [4.69, 9.17) is 5.84 Å². The van der Waals surface area contributed by atoms with Crippen LogP contribution in [0.3, 0.4) is 0 Å². The fourth-order valence-electron chi connectivity index (χ4n) is 2.54. The van der Waals surface area contributed by atoms with E-state index in [1.807, 2.05) is 20.9 Å². The molecule has 0 spiro atoms. The van der Waals surface area contributed by atoms with Crippen LogP contribution in [0.2, 0.25) is 0 Å². The number of nitrogens with two attached hydrogens (primary N) is 1. The number of hydrazine groups is 1. The van der Waals surface area contributed by atoms with Gasteiger partial charge in [0.2, 0.25) is 0 Å². The number of anilines is 2. The number of hydrogen-bond donors (Lipinski definition) is 3. The molecule has 0 aliphatic heterocycles. The first-order chi connectivity index (χ1) is 9.05. The second-order valence-electron chi connectivity index (χ2n) is 5.31. The third kappa shape index (κ3) is 2.96. The molecular formula is C13H23N5O. The molecule has 1 fully saturated rings. The number of rotatable bonds is 5. The molecule has 1 aliphatic rings. The van der Waals surface area contributed by atoms with Crippen molar-refractivity contribution < 1.29 is 5.11 Å². The van der Waals surface area contributed by atoms with Crippen molar-refractivity contribution >= 4 is 11.6 Å². The maximum Gasteiger partial charge on any atom is 0.148 e. The zero-order valence-corrected chi connectivity index (χ0v) is 11.8. The molecule has 4 N–H and O–H groups in total. The van der Waals surface area contributed by atoms with E-state index in [1.54, 1.807) is 0 Å². The predicted octanol–water partition coefficient (Wildman–Crippen LogP) is 0.840. The molecule has 6 heteroatoms. The Bertz CT molecular complexity index is 445. The molecule has 1 heterocycles. The van der Waals surface area contributed by atoms with Crippen LogP contribution < -0.4 is 16.2 Å². The Labute approximate surface area is 114 Å². The van der Waals surface area contributed by atoms with E-state index in [0.717, 1.165) is 43.0 Å². The van der Waals surface area contributed by atoms with E-state index < -0.39 is 0 Å². The SMILES string of the molecule is CCc1nc(NN)c(C)c(N(C)CC2CC(O)C2)n1. The summed E-state index contributed by atoms with van der Waals surface area (Å²) >= 11 is 0. The van der Waals surface area contributed by atoms with Crippen LogP contribution in [0, 0.1) is 12.8 Å². The molecule has 0 radical (unpaired) electrons. The van der Waals surface area contributed by atoms with E-state index in [-0.39, 0.29) is 6.10 Å². The van der Waals surface area contributed by atoms with E-state index in [2.05, 4.69) is 20.3 Å². The Morgan fingerprint density at radius 1 is 1.42 bits per heavy atom. The van der Waals surface area contributed by atoms with Gasteiger partial charge in [-0.25, -0.2) is 15.8 Å². The summed E-state index contributed by atoms with van der Waals surface area (Å²) in [6.07, 6.45) is 2.43. The summed E-state index contributed by atoms with van der Waals surface area (Å²) in [6.45, 7) is 4.90. The maximum absolute atomic E-state index is 9.35. The van der Waals surface area contributed by atoms with Crippen LogP contribution in [0.5, 0.6) is 0 Å². The van der Waals surface area contributed by atoms with Crippen LogP contribution in [0.15, 0.2) is 0 Å². The fourth-order valence-corrected chi connectivity index (χ4v) is 2.54. The lowest BCUT2D eigenvalue weighted by molar-refractivity contribution is 0.0464. The first-order valence-corrected chi connectivity index (χ1v) is 6.78. The monoisotopic (exact) mass is 265 g/mol. The number of aliphatic hydroxyl groups excluding tert-OH is 1. The van der Waals surface area contributed by atoms with Crippen LogP contribution in [0.25, 0.3) is 0 Å². The minimum atomic E-state index is -0.114. The summed E-state index contributed by atoms with van der Waals surface area (Å²) in [5, 5.41) is 9.35. The Morgan fingerprint density at radius 3 is 2.63 bits per heavy atom. The Hall–Kier alpha value is -1.40. The zero-order chi connectivity index (χ0) is 14.0. The third-order valence-electron chi connectivity index (χ3n) is 3.72. The number of aliphatic hydroxyl groups is 1. The van der Waals surface area contributed by atoms with E-state index in [1.165, 1.54) is 0 Å². The van der Waals surface area contributed by atoms with Crippen molar-refractivity contribution in [2.45, 2.75) is 39.2 Å². The molecule has 19 heavy (non-hydrogen) atoms. The van der Waals surface area contributed by atoms with Crippen molar-refractivity contribution in [3.63, 3.8) is 0 Å². The Kier molecular flexibility index (Phi) is 4.21. The van der Waals surface area contributed by atoms with Crippen molar-refractivity contribution in [2.24, 2.45) is 11.8 Å². The number of hydrogen-bond acceptors (Lipinski definition) is 6. The lowest BCUT2D eigenvalue weighted by Gasteiger charge is -2.35. The highest BCUT2D eigenvalue weighted by Gasteiger charge is 2.28. The number of nitrogens with zero attached hydrogens (tertiary/aromatic N) is 3. The fraction of sp³-hybridized carbons (Fsp3) is 0.692. The van der Waals surface area contributed by atoms with Crippen molar-refractivity contribution in [1.82, 2.24) is 9.97 Å². The largest absolute Gasteiger partial charge is 0.393 e. The average Bonchev–Trinajstić information content (AvgIpc) is 2.37. The highest BCUT2D eigenvalue weighted by molar-refractivity contribution is 5.57. The number of aromatic nitrogens is 2. The normalized spacial score (nSPS) is 21.9. The summed E-state index contributed by atoms with van der Waals surface area (Å²) in [6, 6.07) is 0. The van der Waals surface area contributed by atoms with E-state index in [0.29, 0.717) is 11.7 Å². The predicted molar refractivity (Wildman–Crippen MR) is 76.0 cm³/mol. The summed E-state index contributed by atoms with van der Waals surface area (Å²) in [5.74, 6) is 8.44. The van der Waals surface area contributed by atoms with Gasteiger partial charge in [-0.15, -0.1) is 0 Å². The molecule has 106 valence electrons. The van der Waals surface area contributed by atoms with Crippen LogP contribution in [0.1, 0.15) is 31.2 Å². The third-order valence-corrected chi connectivity index (χ3v) is 3.72. The van der Waals surface area contributed by atoms with Gasteiger partial charge >= 0.3 is 0 Å². The molecule has 1 aliphatic carbocycles. The number of nitrogens with one attached hydrogen (secondary N) is 1. The Morgan fingerprint density at radius 2 is 2.11 bits per heavy atom. The van der Waals surface area contributed by atoms with Gasteiger partial charge in [0.05, 0.1) is 6.10 Å². The quantitative estimate of drug-likeness (QED) is 0.540. The van der Waals surface area contributed by atoms with Crippen molar-refractivity contribution in [1.29, 1.82) is 0 Å². The highest BCUT2D eigenvalue weighted by Crippen LogP contribution is 2.30. The smallest absolute Gasteiger partial charge is 0.148 e. The molecule has 0 amide bonds. The second-order valence-corrected chi connectivity index (χ2v) is 5.31. The van der Waals surface area contributed by atoms with Gasteiger partial charge in [0.1, 0.15) is 17.5 Å². The van der Waals surface area contributed by atoms with Gasteiger partial charge in [-0.05, 0) is 25.7 Å². The molecule has 1 saturated carbocycles. The summed E-state index contributed by atoms with van der Waals surface area (Å²) in [5.41, 5.74) is 3.60. The highest BCUT2D eigenvalue weighted by atomic mass is 16.3. The minimum absolute atomic E-state index is 0.114. The van der Waals surface area contributed by atoms with Gasteiger partial charge in [-0.1, -0.05) is 6.92 Å². The molecular weight excluding hydrogens is 242 g/mol. The van der Waals surface area contributed by atoms with Gasteiger partial charge < -0.3 is 15.4 Å². The van der Waals surface area contributed by atoms with Gasteiger partial charge in [0.15, 0.2) is 0 Å². The van der Waals surface area contributed by atoms with Gasteiger partial charge in [0, 0.05) is 25.6 Å². The zero-order valence-electron chi connectivity index (χ0n) is 11.8. The summed E-state index contributed by atoms with van der Waals surface area (Å²) in [4.78, 5) is 11.1. The van der Waals surface area contributed by atoms with Crippen molar-refractivity contribution in [3.8, 4) is 0 Å². The molecule has 0 aromatic carbocycles. The number of aryl methyl sites for hydroxylation is 1. The molecule has 0 bridgehead atoms. The number of nitrogen functional groups attached to an aromatic ring is 1. The molecule has 0 unspecified atom stereocenters. The van der Waals surface area contributed by atoms with Crippen LogP contribution in [-0.2, 0) is 6.42 Å². The Balaban J connectivity index is 2.17. The van der Waals surface area contributed by atoms with E-state index in [9.17, 15) is 5.11 Å². The van der Waals surface area contributed by atoms with Gasteiger partial charge in [0.25, 0.3) is 0 Å². The standard InChI is InChI=1S/C13H23N5O/c1-4-11-15-12(17-14)8(2)13(16-11)18(3)7-9-5-10(19)6-9/h9-10,19H,4-7,14H2,1-3H3,(H,15,16,17). The summed E-state index contributed by atoms with van der Waals surface area (Å²) in [7, 11) is 2.03. The molecule has 0 saturated heterocycles. The van der Waals surface area contributed by atoms with Gasteiger partial charge in [-0.3, -0.25) is 0 Å². The summed E-state index contributed by atoms with van der Waals surface area (Å²) < 4.78 is 0. The molecule has 2 rings (SSSR count). The van der Waals surface area contributed by atoms with Crippen LogP contribution in [0.4, 0.5) is 11.6 Å². The molecule has 0 atom stereocenters. The molecule has 1 aromatic rings. The topological polar surface area (TPSA) is 87.3 Å². The lowest BCUT2D eigenvalue weighted by Crippen LogP contribution is -2.37. The maximum atomic E-state index is 9.35. The second kappa shape index (κ2) is 5.71. The average molecular weight is 265 g/mol. The molecule has 6 nitrogen and oxygen atoms in total. The van der Waals surface area contributed by atoms with Crippen molar-refractivity contribution in [2.75, 3.05) is 23.9 Å².